The highest BCUT2D eigenvalue weighted by molar-refractivity contribution is 6.09. The van der Waals surface area contributed by atoms with E-state index in [0.717, 1.165) is 14.7 Å². The molecule has 2 aromatic carbocycles. The van der Waals surface area contributed by atoms with Crippen molar-refractivity contribution in [1.29, 1.82) is 0 Å². The number of carbonyl (C=O) groups is 6. The van der Waals surface area contributed by atoms with Crippen molar-refractivity contribution in [2.45, 2.75) is 112 Å². The molecular formula is C53H88N6O18. The lowest BCUT2D eigenvalue weighted by Crippen LogP contribution is -2.42. The SMILES string of the molecule is CC.CCc1c(C(=O)N(C)CC(O)CO)c(C)c(C(=O)N(C)CC(O)CO)c(C)c1N(CC(O)COCCOCC(O)CN(C(C)=O)c1c(C)c(C(=O)N(C)CC(O)CO)c(C)c(C(=O)N(C)CC(O)CO)c1C)C(C)=O. The van der Waals surface area contributed by atoms with Crippen molar-refractivity contribution in [1.82, 2.24) is 19.6 Å². The van der Waals surface area contributed by atoms with Crippen LogP contribution < -0.4 is 9.80 Å². The van der Waals surface area contributed by atoms with Crippen LogP contribution in [0.3, 0.4) is 0 Å². The molecule has 0 aliphatic carbocycles. The number of carbonyl (C=O) groups excluding carboxylic acids is 6. The summed E-state index contributed by atoms with van der Waals surface area (Å²) in [5.41, 5.74) is 2.07. The van der Waals surface area contributed by atoms with E-state index in [1.54, 1.807) is 34.6 Å². The summed E-state index contributed by atoms with van der Waals surface area (Å²) in [7, 11) is 5.58. The molecule has 2 aromatic rings. The predicted octanol–water partition coefficient (Wildman–Crippen LogP) is -1.32. The number of aliphatic hydroxyl groups excluding tert-OH is 10. The van der Waals surface area contributed by atoms with E-state index in [9.17, 15) is 79.8 Å². The lowest BCUT2D eigenvalue weighted by Gasteiger charge is -2.33. The molecule has 6 unspecified atom stereocenters. The van der Waals surface area contributed by atoms with Crippen molar-refractivity contribution in [2.75, 3.05) is 130 Å². The summed E-state index contributed by atoms with van der Waals surface area (Å²) in [6.07, 6.45) is -7.62. The van der Waals surface area contributed by atoms with Gasteiger partial charge in [-0.2, -0.15) is 0 Å². The van der Waals surface area contributed by atoms with Crippen molar-refractivity contribution in [3.05, 3.63) is 55.6 Å². The fraction of sp³-hybridized carbons (Fsp3) is 0.660. The van der Waals surface area contributed by atoms with E-state index in [2.05, 4.69) is 0 Å². The molecule has 0 heterocycles. The Labute approximate surface area is 452 Å². The van der Waals surface area contributed by atoms with Crippen molar-refractivity contribution < 1.29 is 89.3 Å². The number of aliphatic hydroxyl groups is 10. The van der Waals surface area contributed by atoms with E-state index in [1.807, 2.05) is 13.8 Å². The van der Waals surface area contributed by atoms with Gasteiger partial charge in [-0.1, -0.05) is 20.8 Å². The van der Waals surface area contributed by atoms with Gasteiger partial charge in [0.25, 0.3) is 23.6 Å². The van der Waals surface area contributed by atoms with E-state index < -0.39 is 98.5 Å². The monoisotopic (exact) mass is 1100 g/mol. The van der Waals surface area contributed by atoms with Crippen LogP contribution in [0.4, 0.5) is 11.4 Å². The van der Waals surface area contributed by atoms with Gasteiger partial charge < -0.3 is 89.9 Å². The van der Waals surface area contributed by atoms with Gasteiger partial charge in [0.1, 0.15) is 0 Å². The lowest BCUT2D eigenvalue weighted by molar-refractivity contribution is -0.118. The van der Waals surface area contributed by atoms with Crippen LogP contribution in [0.5, 0.6) is 0 Å². The van der Waals surface area contributed by atoms with Crippen molar-refractivity contribution in [3.63, 3.8) is 0 Å². The normalized spacial score (nSPS) is 13.6. The first-order chi connectivity index (χ1) is 36.1. The third-order valence-corrected chi connectivity index (χ3v) is 12.7. The summed E-state index contributed by atoms with van der Waals surface area (Å²) in [4.78, 5) is 90.2. The third-order valence-electron chi connectivity index (χ3n) is 12.7. The Morgan fingerprint density at radius 1 is 0.416 bits per heavy atom. The predicted molar refractivity (Wildman–Crippen MR) is 287 cm³/mol. The van der Waals surface area contributed by atoms with E-state index >= 15 is 0 Å². The highest BCUT2D eigenvalue weighted by Gasteiger charge is 2.35. The minimum Gasteiger partial charge on any atom is -0.394 e. The first-order valence-corrected chi connectivity index (χ1v) is 25.6. The van der Waals surface area contributed by atoms with E-state index in [4.69, 9.17) is 9.47 Å². The molecule has 10 N–H and O–H groups in total. The van der Waals surface area contributed by atoms with Crippen LogP contribution in [0, 0.1) is 34.6 Å². The largest absolute Gasteiger partial charge is 0.394 e. The number of amides is 6. The Morgan fingerprint density at radius 3 is 0.948 bits per heavy atom. The summed E-state index contributed by atoms with van der Waals surface area (Å²) in [5.74, 6) is -3.67. The topological polar surface area (TPSA) is 343 Å². The molecule has 0 aliphatic rings. The summed E-state index contributed by atoms with van der Waals surface area (Å²) < 4.78 is 11.4. The Balaban J connectivity index is 0.0000146. The number of nitrogens with zero attached hydrogens (tertiary/aromatic N) is 6. The Bertz CT molecular complexity index is 2240. The van der Waals surface area contributed by atoms with Crippen molar-refractivity contribution in [3.8, 4) is 0 Å². The molecule has 77 heavy (non-hydrogen) atoms. The maximum atomic E-state index is 14.1. The highest BCUT2D eigenvalue weighted by atomic mass is 16.5. The molecule has 0 saturated heterocycles. The van der Waals surface area contributed by atoms with Crippen LogP contribution >= 0.6 is 0 Å². The molecule has 2 rings (SSSR count). The number of likely N-dealkylation sites (N-methyl/N-ethyl adjacent to an activating group) is 4. The van der Waals surface area contributed by atoms with Gasteiger partial charge >= 0.3 is 0 Å². The van der Waals surface area contributed by atoms with Crippen LogP contribution in [0.25, 0.3) is 0 Å². The van der Waals surface area contributed by atoms with Gasteiger partial charge in [0.2, 0.25) is 11.8 Å². The number of benzene rings is 2. The smallest absolute Gasteiger partial charge is 0.254 e. The zero-order valence-corrected chi connectivity index (χ0v) is 47.5. The van der Waals surface area contributed by atoms with Crippen LogP contribution in [-0.4, -0.2) is 263 Å². The second-order valence-corrected chi connectivity index (χ2v) is 19.0. The summed E-state index contributed by atoms with van der Waals surface area (Å²) >= 11 is 0. The molecule has 6 amide bonds. The number of rotatable bonds is 30. The van der Waals surface area contributed by atoms with Gasteiger partial charge in [0.05, 0.1) is 114 Å². The average Bonchev–Trinajstić information content (AvgIpc) is 3.38. The van der Waals surface area contributed by atoms with Gasteiger partial charge in [-0.05, 0) is 74.4 Å². The van der Waals surface area contributed by atoms with E-state index in [1.165, 1.54) is 63.7 Å². The Kier molecular flexibility index (Phi) is 30.2. The van der Waals surface area contributed by atoms with Gasteiger partial charge in [-0.15, -0.1) is 0 Å². The van der Waals surface area contributed by atoms with Crippen LogP contribution in [-0.2, 0) is 25.5 Å². The summed E-state index contributed by atoms with van der Waals surface area (Å²) in [6.45, 7) is 10.8. The molecular weight excluding hydrogens is 1010 g/mol. The highest BCUT2D eigenvalue weighted by Crippen LogP contribution is 2.38. The minimum absolute atomic E-state index is 0.0179. The zero-order valence-electron chi connectivity index (χ0n) is 47.5. The van der Waals surface area contributed by atoms with Crippen LogP contribution in [0.1, 0.15) is 109 Å². The molecule has 0 radical (unpaired) electrons. The molecule has 0 fully saturated rings. The Hall–Kier alpha value is -5.22. The molecule has 0 aliphatic heterocycles. The van der Waals surface area contributed by atoms with Gasteiger partial charge in [-0.3, -0.25) is 28.8 Å². The molecule has 438 valence electrons. The second kappa shape index (κ2) is 33.3. The first kappa shape index (κ1) is 69.8. The molecule has 24 heteroatoms. The fourth-order valence-electron chi connectivity index (χ4n) is 9.10. The lowest BCUT2D eigenvalue weighted by atomic mass is 9.87. The first-order valence-electron chi connectivity index (χ1n) is 25.6. The van der Waals surface area contributed by atoms with Gasteiger partial charge in [0.15, 0.2) is 0 Å². The molecule has 0 saturated carbocycles. The van der Waals surface area contributed by atoms with Gasteiger partial charge in [-0.25, -0.2) is 0 Å². The number of hydrogen-bond acceptors (Lipinski definition) is 18. The van der Waals surface area contributed by atoms with Crippen LogP contribution in [0.15, 0.2) is 0 Å². The summed E-state index contributed by atoms with van der Waals surface area (Å²) in [6, 6.07) is 0. The average molecular weight is 1100 g/mol. The number of anilines is 2. The van der Waals surface area contributed by atoms with E-state index in [-0.39, 0.29) is 134 Å². The van der Waals surface area contributed by atoms with Crippen molar-refractivity contribution >= 4 is 46.8 Å². The molecule has 0 aromatic heterocycles. The fourth-order valence-corrected chi connectivity index (χ4v) is 9.10. The number of hydrogen-bond donors (Lipinski definition) is 10. The molecule has 0 spiro atoms. The standard InChI is InChI=1S/C51H82N6O18.C2H6/c1-13-41-45(51(73)55(12)19-38(67)25-61)29(3)44(50(72)54(11)18-37(66)24-60)32(6)47(41)57(34(8)63)21-40(69)27-75-15-14-74-26-39(68)20-56(33(7)62)46-30(4)42(48(70)52(9)16-35(64)22-58)28(2)43(31(46)5)49(71)53(10)17-36(65)23-59;1-2/h35-40,58-61,64-69H,13-27H2,1-12H3;1-2H3. The number of ether oxygens (including phenoxy) is 2. The maximum absolute atomic E-state index is 14.1. The third kappa shape index (κ3) is 18.7. The van der Waals surface area contributed by atoms with E-state index in [0.29, 0.717) is 5.56 Å². The molecule has 6 atom stereocenters. The molecule has 0 bridgehead atoms. The molecule has 24 nitrogen and oxygen atoms in total. The van der Waals surface area contributed by atoms with Crippen LogP contribution in [0.2, 0.25) is 0 Å². The zero-order chi connectivity index (χ0) is 59.3. The maximum Gasteiger partial charge on any atom is 0.254 e. The second-order valence-electron chi connectivity index (χ2n) is 19.0. The summed E-state index contributed by atoms with van der Waals surface area (Å²) in [5, 5.41) is 101. The van der Waals surface area contributed by atoms with Crippen molar-refractivity contribution in [2.24, 2.45) is 0 Å². The van der Waals surface area contributed by atoms with Gasteiger partial charge in [0, 0.05) is 90.5 Å². The Morgan fingerprint density at radius 2 is 0.675 bits per heavy atom. The quantitative estimate of drug-likeness (QED) is 0.0406. The minimum atomic E-state index is -1.34.